The molecule has 0 saturated carbocycles. The molecule has 114 valence electrons. The Hall–Kier alpha value is -2.06. The van der Waals surface area contributed by atoms with Crippen LogP contribution >= 0.6 is 22.9 Å². The van der Waals surface area contributed by atoms with E-state index in [1.165, 1.54) is 0 Å². The lowest BCUT2D eigenvalue weighted by Crippen LogP contribution is -2.16. The fourth-order valence-corrected chi connectivity index (χ4v) is 3.10. The average Bonchev–Trinajstić information content (AvgIpc) is 3.04. The highest BCUT2D eigenvalue weighted by Crippen LogP contribution is 2.31. The standard InChI is InChI=1S/C13H9ClF2N4OS/c1-20-7-5-3-2-4-6(7)8(14)9(20)11(21)17-13-19-18-12(22-13)10(15)16/h2-5,10H,1H3,(H,17,19,21). The predicted molar refractivity (Wildman–Crippen MR) is 80.7 cm³/mol. The fraction of sp³-hybridized carbons (Fsp3) is 0.154. The van der Waals surface area contributed by atoms with E-state index >= 15 is 0 Å². The minimum absolute atomic E-state index is 0.00150. The number of nitrogens with one attached hydrogen (secondary N) is 1. The Labute approximate surface area is 132 Å². The number of fused-ring (bicyclic) bond motifs is 1. The molecule has 9 heteroatoms. The van der Waals surface area contributed by atoms with Crippen molar-refractivity contribution in [2.24, 2.45) is 7.05 Å². The van der Waals surface area contributed by atoms with Gasteiger partial charge in [-0.3, -0.25) is 10.1 Å². The Morgan fingerprint density at radius 3 is 2.73 bits per heavy atom. The Morgan fingerprint density at radius 2 is 2.09 bits per heavy atom. The van der Waals surface area contributed by atoms with Crippen molar-refractivity contribution in [3.05, 3.63) is 40.0 Å². The van der Waals surface area contributed by atoms with E-state index in [1.807, 2.05) is 18.2 Å². The van der Waals surface area contributed by atoms with Crippen LogP contribution < -0.4 is 5.32 Å². The molecule has 0 atom stereocenters. The molecule has 2 aromatic heterocycles. The van der Waals surface area contributed by atoms with Crippen LogP contribution in [-0.2, 0) is 7.05 Å². The summed E-state index contributed by atoms with van der Waals surface area (Å²) in [6.45, 7) is 0. The van der Waals surface area contributed by atoms with Gasteiger partial charge in [0.15, 0.2) is 5.01 Å². The van der Waals surface area contributed by atoms with Crippen LogP contribution in [0.15, 0.2) is 24.3 Å². The molecule has 3 aromatic rings. The molecule has 3 rings (SSSR count). The second kappa shape index (κ2) is 5.62. The van der Waals surface area contributed by atoms with Crippen LogP contribution in [0.25, 0.3) is 10.9 Å². The van der Waals surface area contributed by atoms with E-state index in [9.17, 15) is 13.6 Å². The van der Waals surface area contributed by atoms with Gasteiger partial charge >= 0.3 is 0 Å². The second-order valence-corrected chi connectivity index (χ2v) is 5.83. The lowest BCUT2D eigenvalue weighted by atomic mass is 10.2. The Morgan fingerprint density at radius 1 is 1.36 bits per heavy atom. The zero-order chi connectivity index (χ0) is 15.9. The van der Waals surface area contributed by atoms with Crippen molar-refractivity contribution < 1.29 is 13.6 Å². The third-order valence-electron chi connectivity index (χ3n) is 3.11. The normalized spacial score (nSPS) is 11.3. The van der Waals surface area contributed by atoms with Gasteiger partial charge in [-0.15, -0.1) is 10.2 Å². The van der Waals surface area contributed by atoms with E-state index < -0.39 is 17.3 Å². The smallest absolute Gasteiger partial charge is 0.291 e. The lowest BCUT2D eigenvalue weighted by Gasteiger charge is -2.04. The van der Waals surface area contributed by atoms with Crippen molar-refractivity contribution in [3.63, 3.8) is 0 Å². The summed E-state index contributed by atoms with van der Waals surface area (Å²) in [6.07, 6.45) is -2.72. The Kier molecular flexibility index (Phi) is 3.79. The summed E-state index contributed by atoms with van der Waals surface area (Å²) in [7, 11) is 1.70. The van der Waals surface area contributed by atoms with Crippen molar-refractivity contribution >= 4 is 44.9 Å². The summed E-state index contributed by atoms with van der Waals surface area (Å²) < 4.78 is 26.6. The van der Waals surface area contributed by atoms with Crippen molar-refractivity contribution in [1.82, 2.24) is 14.8 Å². The zero-order valence-electron chi connectivity index (χ0n) is 11.2. The van der Waals surface area contributed by atoms with Crippen LogP contribution in [0.3, 0.4) is 0 Å². The average molecular weight is 343 g/mol. The first-order chi connectivity index (χ1) is 10.5. The molecule has 1 N–H and O–H groups in total. The maximum absolute atomic E-state index is 12.5. The Balaban J connectivity index is 1.95. The maximum atomic E-state index is 12.5. The number of amides is 1. The molecular formula is C13H9ClF2N4OS. The summed E-state index contributed by atoms with van der Waals surface area (Å²) in [6, 6.07) is 7.28. The SMILES string of the molecule is Cn1c(C(=O)Nc2nnc(C(F)F)s2)c(Cl)c2ccccc21. The van der Waals surface area contributed by atoms with Crippen LogP contribution in [-0.4, -0.2) is 20.7 Å². The number of nitrogens with zero attached hydrogens (tertiary/aromatic N) is 3. The van der Waals surface area contributed by atoms with Crippen molar-refractivity contribution in [1.29, 1.82) is 0 Å². The molecule has 22 heavy (non-hydrogen) atoms. The predicted octanol–water partition coefficient (Wildman–Crippen LogP) is 3.87. The number of halogens is 3. The topological polar surface area (TPSA) is 59.8 Å². The molecule has 0 aliphatic rings. The number of benzene rings is 1. The van der Waals surface area contributed by atoms with Gasteiger partial charge < -0.3 is 4.57 Å². The molecule has 0 bridgehead atoms. The third kappa shape index (κ3) is 2.44. The van der Waals surface area contributed by atoms with Gasteiger partial charge in [-0.1, -0.05) is 41.1 Å². The number of aryl methyl sites for hydroxylation is 1. The van der Waals surface area contributed by atoms with Gasteiger partial charge in [0, 0.05) is 18.0 Å². The summed E-state index contributed by atoms with van der Waals surface area (Å²) in [5, 5.41) is 9.87. The van der Waals surface area contributed by atoms with Gasteiger partial charge in [0.05, 0.1) is 5.02 Å². The molecular weight excluding hydrogens is 334 g/mol. The first kappa shape index (κ1) is 14.9. The summed E-state index contributed by atoms with van der Waals surface area (Å²) in [4.78, 5) is 12.3. The largest absolute Gasteiger partial charge is 0.338 e. The first-order valence-corrected chi connectivity index (χ1v) is 7.34. The minimum atomic E-state index is -2.72. The number of carbonyl (C=O) groups excluding carboxylic acids is 1. The molecule has 1 aromatic carbocycles. The molecule has 0 fully saturated rings. The number of alkyl halides is 2. The lowest BCUT2D eigenvalue weighted by molar-refractivity contribution is 0.102. The molecule has 0 radical (unpaired) electrons. The fourth-order valence-electron chi connectivity index (χ4n) is 2.13. The molecule has 5 nitrogen and oxygen atoms in total. The van der Waals surface area contributed by atoms with E-state index in [2.05, 4.69) is 15.5 Å². The van der Waals surface area contributed by atoms with Gasteiger partial charge in [-0.05, 0) is 6.07 Å². The molecule has 1 amide bonds. The van der Waals surface area contributed by atoms with E-state index in [4.69, 9.17) is 11.6 Å². The number of aromatic nitrogens is 3. The van der Waals surface area contributed by atoms with E-state index in [0.717, 1.165) is 10.9 Å². The van der Waals surface area contributed by atoms with Crippen LogP contribution in [0, 0.1) is 0 Å². The van der Waals surface area contributed by atoms with Crippen molar-refractivity contribution in [2.75, 3.05) is 5.32 Å². The number of rotatable bonds is 3. The van der Waals surface area contributed by atoms with Crippen molar-refractivity contribution in [2.45, 2.75) is 6.43 Å². The van der Waals surface area contributed by atoms with Gasteiger partial charge in [0.25, 0.3) is 12.3 Å². The van der Waals surface area contributed by atoms with E-state index in [0.29, 0.717) is 16.4 Å². The summed E-state index contributed by atoms with van der Waals surface area (Å²) in [5.41, 5.74) is 1.03. The minimum Gasteiger partial charge on any atom is -0.338 e. The number of hydrogen-bond donors (Lipinski definition) is 1. The quantitative estimate of drug-likeness (QED) is 0.786. The van der Waals surface area contributed by atoms with Crippen LogP contribution in [0.4, 0.5) is 13.9 Å². The van der Waals surface area contributed by atoms with Crippen LogP contribution in [0.1, 0.15) is 21.9 Å². The number of anilines is 1. The van der Waals surface area contributed by atoms with Gasteiger partial charge in [-0.25, -0.2) is 8.78 Å². The summed E-state index contributed by atoms with van der Waals surface area (Å²) >= 11 is 6.87. The van der Waals surface area contributed by atoms with Gasteiger partial charge in [0.2, 0.25) is 5.13 Å². The highest BCUT2D eigenvalue weighted by molar-refractivity contribution is 7.15. The van der Waals surface area contributed by atoms with Crippen LogP contribution in [0.5, 0.6) is 0 Å². The van der Waals surface area contributed by atoms with Crippen LogP contribution in [0.2, 0.25) is 5.02 Å². The van der Waals surface area contributed by atoms with Gasteiger partial charge in [-0.2, -0.15) is 0 Å². The van der Waals surface area contributed by atoms with Gasteiger partial charge in [0.1, 0.15) is 5.69 Å². The van der Waals surface area contributed by atoms with E-state index in [1.54, 1.807) is 17.7 Å². The highest BCUT2D eigenvalue weighted by atomic mass is 35.5. The molecule has 2 heterocycles. The number of para-hydroxylation sites is 1. The number of carbonyl (C=O) groups is 1. The molecule has 0 aliphatic heterocycles. The molecule has 0 saturated heterocycles. The number of hydrogen-bond acceptors (Lipinski definition) is 4. The molecule has 0 unspecified atom stereocenters. The highest BCUT2D eigenvalue weighted by Gasteiger charge is 2.22. The second-order valence-electron chi connectivity index (χ2n) is 4.44. The first-order valence-electron chi connectivity index (χ1n) is 6.15. The van der Waals surface area contributed by atoms with Crippen molar-refractivity contribution in [3.8, 4) is 0 Å². The maximum Gasteiger partial charge on any atom is 0.291 e. The summed E-state index contributed by atoms with van der Waals surface area (Å²) in [5.74, 6) is -0.527. The zero-order valence-corrected chi connectivity index (χ0v) is 12.8. The monoisotopic (exact) mass is 342 g/mol. The van der Waals surface area contributed by atoms with E-state index in [-0.39, 0.29) is 10.8 Å². The molecule has 0 spiro atoms. The third-order valence-corrected chi connectivity index (χ3v) is 4.34. The molecule has 0 aliphatic carbocycles. The Bertz CT molecular complexity index is 822.